The van der Waals surface area contributed by atoms with Crippen LogP contribution in [0.2, 0.25) is 0 Å². The van der Waals surface area contributed by atoms with Crippen molar-refractivity contribution in [1.29, 1.82) is 0 Å². The number of hydrogen-bond donors (Lipinski definition) is 2. The number of nitrogens with one attached hydrogen (secondary N) is 2. The Morgan fingerprint density at radius 2 is 1.51 bits per heavy atom. The number of fused-ring (bicyclic) bond motifs is 1. The minimum absolute atomic E-state index is 0.153. The number of carbonyl (C=O) groups is 2. The molecular formula is C26H26N2O6S. The van der Waals surface area contributed by atoms with Gasteiger partial charge in [-0.05, 0) is 49.4 Å². The van der Waals surface area contributed by atoms with Gasteiger partial charge in [0.2, 0.25) is 5.91 Å². The zero-order valence-electron chi connectivity index (χ0n) is 19.6. The maximum Gasteiger partial charge on any atom is 0.263 e. The SMILES string of the molecule is COc1cccc(OC)c1C(=O)Nc1cccc(SC(C)C(=O)Nc2ccc3c(c2)OCCO3)c1. The molecule has 0 aromatic heterocycles. The molecule has 1 atom stereocenters. The van der Waals surface area contributed by atoms with E-state index in [1.165, 1.54) is 26.0 Å². The molecule has 4 rings (SSSR count). The van der Waals surface area contributed by atoms with Gasteiger partial charge in [-0.15, -0.1) is 11.8 Å². The average molecular weight is 495 g/mol. The molecule has 1 aliphatic rings. The summed E-state index contributed by atoms with van der Waals surface area (Å²) < 4.78 is 21.7. The second-order valence-corrected chi connectivity index (χ2v) is 9.04. The Labute approximate surface area is 207 Å². The molecule has 9 heteroatoms. The van der Waals surface area contributed by atoms with E-state index in [0.29, 0.717) is 53.2 Å². The van der Waals surface area contributed by atoms with Crippen molar-refractivity contribution in [2.24, 2.45) is 0 Å². The van der Waals surface area contributed by atoms with Crippen LogP contribution in [0.4, 0.5) is 11.4 Å². The number of thioether (sulfide) groups is 1. The minimum atomic E-state index is -0.386. The summed E-state index contributed by atoms with van der Waals surface area (Å²) in [6.45, 7) is 2.81. The fraction of sp³-hybridized carbons (Fsp3) is 0.231. The van der Waals surface area contributed by atoms with Crippen LogP contribution in [0.3, 0.4) is 0 Å². The molecule has 1 aliphatic heterocycles. The van der Waals surface area contributed by atoms with E-state index in [2.05, 4.69) is 10.6 Å². The van der Waals surface area contributed by atoms with Crippen molar-refractivity contribution in [1.82, 2.24) is 0 Å². The molecule has 0 fully saturated rings. The van der Waals surface area contributed by atoms with Crippen molar-refractivity contribution in [3.8, 4) is 23.0 Å². The summed E-state index contributed by atoms with van der Waals surface area (Å²) in [5, 5.41) is 5.41. The highest BCUT2D eigenvalue weighted by molar-refractivity contribution is 8.00. The summed E-state index contributed by atoms with van der Waals surface area (Å²) in [5.41, 5.74) is 1.54. The van der Waals surface area contributed by atoms with Gasteiger partial charge in [0.1, 0.15) is 30.3 Å². The molecule has 1 heterocycles. The van der Waals surface area contributed by atoms with Crippen LogP contribution in [-0.2, 0) is 4.79 Å². The Balaban J connectivity index is 1.41. The number of amides is 2. The second kappa shape index (κ2) is 11.1. The first-order valence-electron chi connectivity index (χ1n) is 11.0. The van der Waals surface area contributed by atoms with E-state index in [1.54, 1.807) is 42.5 Å². The largest absolute Gasteiger partial charge is 0.496 e. The number of ether oxygens (including phenoxy) is 4. The van der Waals surface area contributed by atoms with Gasteiger partial charge in [0.05, 0.1) is 19.5 Å². The van der Waals surface area contributed by atoms with E-state index in [9.17, 15) is 9.59 Å². The summed E-state index contributed by atoms with van der Waals surface area (Å²) in [7, 11) is 3.00. The molecule has 2 N–H and O–H groups in total. The number of anilines is 2. The lowest BCUT2D eigenvalue weighted by Gasteiger charge is -2.19. The lowest BCUT2D eigenvalue weighted by molar-refractivity contribution is -0.115. The Morgan fingerprint density at radius 1 is 0.857 bits per heavy atom. The van der Waals surface area contributed by atoms with Crippen molar-refractivity contribution in [2.45, 2.75) is 17.1 Å². The highest BCUT2D eigenvalue weighted by atomic mass is 32.2. The normalized spacial score (nSPS) is 12.9. The molecule has 0 saturated heterocycles. The van der Waals surface area contributed by atoms with Crippen molar-refractivity contribution in [3.05, 3.63) is 66.2 Å². The van der Waals surface area contributed by atoms with Gasteiger partial charge in [-0.1, -0.05) is 12.1 Å². The van der Waals surface area contributed by atoms with Crippen LogP contribution in [0.15, 0.2) is 65.6 Å². The lowest BCUT2D eigenvalue weighted by Crippen LogP contribution is -2.22. The summed E-state index contributed by atoms with van der Waals surface area (Å²) in [6, 6.07) is 17.8. The topological polar surface area (TPSA) is 95.1 Å². The van der Waals surface area contributed by atoms with Gasteiger partial charge in [-0.3, -0.25) is 9.59 Å². The summed E-state index contributed by atoms with van der Waals surface area (Å²) in [5.74, 6) is 1.60. The maximum absolute atomic E-state index is 13.0. The Morgan fingerprint density at radius 3 is 2.23 bits per heavy atom. The van der Waals surface area contributed by atoms with E-state index in [4.69, 9.17) is 18.9 Å². The fourth-order valence-corrected chi connectivity index (χ4v) is 4.46. The third-order valence-electron chi connectivity index (χ3n) is 5.24. The number of rotatable bonds is 8. The number of carbonyl (C=O) groups excluding carboxylic acids is 2. The number of methoxy groups -OCH3 is 2. The van der Waals surface area contributed by atoms with Crippen molar-refractivity contribution in [3.63, 3.8) is 0 Å². The molecule has 0 bridgehead atoms. The van der Waals surface area contributed by atoms with E-state index >= 15 is 0 Å². The molecule has 3 aromatic carbocycles. The molecule has 0 saturated carbocycles. The van der Waals surface area contributed by atoms with E-state index in [-0.39, 0.29) is 17.1 Å². The maximum atomic E-state index is 13.0. The highest BCUT2D eigenvalue weighted by Gasteiger charge is 2.20. The Kier molecular flexibility index (Phi) is 7.67. The van der Waals surface area contributed by atoms with Gasteiger partial charge in [-0.2, -0.15) is 0 Å². The molecule has 2 amide bonds. The predicted molar refractivity (Wildman–Crippen MR) is 135 cm³/mol. The van der Waals surface area contributed by atoms with Gasteiger partial charge < -0.3 is 29.6 Å². The Hall–Kier alpha value is -3.85. The number of hydrogen-bond acceptors (Lipinski definition) is 7. The fourth-order valence-electron chi connectivity index (χ4n) is 3.54. The van der Waals surface area contributed by atoms with Crippen LogP contribution in [0, 0.1) is 0 Å². The smallest absolute Gasteiger partial charge is 0.263 e. The van der Waals surface area contributed by atoms with Crippen molar-refractivity contribution >= 4 is 35.0 Å². The molecule has 0 aliphatic carbocycles. The second-order valence-electron chi connectivity index (χ2n) is 7.63. The molecule has 0 spiro atoms. The zero-order chi connectivity index (χ0) is 24.8. The Bertz CT molecular complexity index is 1210. The van der Waals surface area contributed by atoms with E-state index in [1.807, 2.05) is 25.1 Å². The summed E-state index contributed by atoms with van der Waals surface area (Å²) >= 11 is 1.38. The third-order valence-corrected chi connectivity index (χ3v) is 6.33. The van der Waals surface area contributed by atoms with Crippen LogP contribution in [0.25, 0.3) is 0 Å². The van der Waals surface area contributed by atoms with Crippen LogP contribution in [0.5, 0.6) is 23.0 Å². The van der Waals surface area contributed by atoms with E-state index < -0.39 is 0 Å². The lowest BCUT2D eigenvalue weighted by atomic mass is 10.1. The molecule has 182 valence electrons. The van der Waals surface area contributed by atoms with Crippen molar-refractivity contribution in [2.75, 3.05) is 38.1 Å². The zero-order valence-corrected chi connectivity index (χ0v) is 20.4. The van der Waals surface area contributed by atoms with Crippen LogP contribution >= 0.6 is 11.8 Å². The van der Waals surface area contributed by atoms with Crippen LogP contribution in [-0.4, -0.2) is 44.5 Å². The average Bonchev–Trinajstić information content (AvgIpc) is 2.88. The molecular weight excluding hydrogens is 468 g/mol. The number of benzene rings is 3. The van der Waals surface area contributed by atoms with Crippen molar-refractivity contribution < 1.29 is 28.5 Å². The van der Waals surface area contributed by atoms with Crippen LogP contribution in [0.1, 0.15) is 17.3 Å². The van der Waals surface area contributed by atoms with Gasteiger partial charge in [0, 0.05) is 22.3 Å². The summed E-state index contributed by atoms with van der Waals surface area (Å²) in [6.07, 6.45) is 0. The standard InChI is InChI=1S/C26H26N2O6S/c1-16(25(29)27-18-10-11-20-23(15-18)34-13-12-33-20)35-19-7-4-6-17(14-19)28-26(30)24-21(31-2)8-5-9-22(24)32-3/h4-11,14-16H,12-13H2,1-3H3,(H,27,29)(H,28,30). The molecule has 35 heavy (non-hydrogen) atoms. The van der Waals surface area contributed by atoms with E-state index in [0.717, 1.165) is 4.90 Å². The van der Waals surface area contributed by atoms with Gasteiger partial charge in [0.25, 0.3) is 5.91 Å². The molecule has 1 unspecified atom stereocenters. The first-order chi connectivity index (χ1) is 17.0. The minimum Gasteiger partial charge on any atom is -0.496 e. The van der Waals surface area contributed by atoms with Crippen LogP contribution < -0.4 is 29.6 Å². The van der Waals surface area contributed by atoms with Gasteiger partial charge in [-0.25, -0.2) is 0 Å². The quantitative estimate of drug-likeness (QED) is 0.433. The van der Waals surface area contributed by atoms with Gasteiger partial charge in [0.15, 0.2) is 11.5 Å². The first kappa shape index (κ1) is 24.3. The third kappa shape index (κ3) is 5.81. The predicted octanol–water partition coefficient (Wildman–Crippen LogP) is 4.85. The molecule has 8 nitrogen and oxygen atoms in total. The molecule has 3 aromatic rings. The monoisotopic (exact) mass is 494 g/mol. The van der Waals surface area contributed by atoms with Gasteiger partial charge >= 0.3 is 0 Å². The first-order valence-corrected chi connectivity index (χ1v) is 11.9. The molecule has 0 radical (unpaired) electrons. The summed E-state index contributed by atoms with van der Waals surface area (Å²) in [4.78, 5) is 26.6. The highest BCUT2D eigenvalue weighted by Crippen LogP contribution is 2.34.